The molecule has 0 radical (unpaired) electrons. The minimum atomic E-state index is -1.03. The summed E-state index contributed by atoms with van der Waals surface area (Å²) in [6.07, 6.45) is 4.18. The van der Waals surface area contributed by atoms with Crippen LogP contribution in [0, 0.1) is 0 Å². The molecule has 3 aromatic rings. The first-order valence-electron chi connectivity index (χ1n) is 10.7. The molecule has 1 amide bonds. The second kappa shape index (κ2) is 9.52. The van der Waals surface area contributed by atoms with E-state index in [0.717, 1.165) is 36.1 Å². The number of fused-ring (bicyclic) bond motifs is 2. The molecule has 4 rings (SSSR count). The summed E-state index contributed by atoms with van der Waals surface area (Å²) < 4.78 is 16.0. The maximum atomic E-state index is 13.0. The van der Waals surface area contributed by atoms with Crippen molar-refractivity contribution in [1.82, 2.24) is 4.98 Å². The molecule has 1 unspecified atom stereocenters. The minimum absolute atomic E-state index is 0.223. The van der Waals surface area contributed by atoms with Crippen molar-refractivity contribution in [3.8, 4) is 0 Å². The number of ether oxygens (including phenoxy) is 2. The van der Waals surface area contributed by atoms with Crippen LogP contribution >= 0.6 is 11.3 Å². The zero-order chi connectivity index (χ0) is 22.7. The van der Waals surface area contributed by atoms with Crippen molar-refractivity contribution < 1.29 is 28.3 Å². The van der Waals surface area contributed by atoms with Crippen molar-refractivity contribution in [2.75, 3.05) is 11.9 Å². The van der Waals surface area contributed by atoms with E-state index in [9.17, 15) is 14.4 Å². The van der Waals surface area contributed by atoms with Crippen molar-refractivity contribution in [1.29, 1.82) is 0 Å². The quantitative estimate of drug-likeness (QED) is 0.521. The number of esters is 2. The standard InChI is InChI=1S/C23H24N2O6S/c1-3-15(31-22(27)14-9-7-10-16-19(14)24-12-30-16)20(26)25-21-18(23(28)29-4-2)13-8-5-6-11-17(13)32-21/h7,9-10,12,15H,3-6,8,11H2,1-2H3,(H,25,26). The highest BCUT2D eigenvalue weighted by Crippen LogP contribution is 2.38. The van der Waals surface area contributed by atoms with E-state index >= 15 is 0 Å². The molecule has 9 heteroatoms. The first-order chi connectivity index (χ1) is 15.5. The first kappa shape index (κ1) is 22.0. The van der Waals surface area contributed by atoms with Crippen LogP contribution in [0.15, 0.2) is 29.0 Å². The van der Waals surface area contributed by atoms with Gasteiger partial charge in [-0.2, -0.15) is 0 Å². The molecule has 0 spiro atoms. The van der Waals surface area contributed by atoms with Gasteiger partial charge in [-0.25, -0.2) is 14.6 Å². The summed E-state index contributed by atoms with van der Waals surface area (Å²) in [4.78, 5) is 43.5. The summed E-state index contributed by atoms with van der Waals surface area (Å²) in [5.74, 6) is -1.59. The Kier molecular flexibility index (Phi) is 6.55. The summed E-state index contributed by atoms with van der Waals surface area (Å²) in [6, 6.07) is 4.93. The molecule has 0 saturated heterocycles. The summed E-state index contributed by atoms with van der Waals surface area (Å²) in [5, 5.41) is 3.27. The molecule has 2 aromatic heterocycles. The second-order valence-corrected chi connectivity index (χ2v) is 8.54. The highest BCUT2D eigenvalue weighted by molar-refractivity contribution is 7.17. The Morgan fingerprint density at radius 3 is 2.78 bits per heavy atom. The number of para-hydroxylation sites is 1. The van der Waals surface area contributed by atoms with E-state index < -0.39 is 23.9 Å². The lowest BCUT2D eigenvalue weighted by atomic mass is 9.95. The summed E-state index contributed by atoms with van der Waals surface area (Å²) in [5.41, 5.74) is 2.44. The zero-order valence-corrected chi connectivity index (χ0v) is 18.8. The number of carbonyl (C=O) groups excluding carboxylic acids is 3. The van der Waals surface area contributed by atoms with E-state index in [-0.39, 0.29) is 18.6 Å². The van der Waals surface area contributed by atoms with Gasteiger partial charge in [0.05, 0.1) is 17.7 Å². The molecule has 1 atom stereocenters. The van der Waals surface area contributed by atoms with Gasteiger partial charge in [-0.15, -0.1) is 11.3 Å². The Morgan fingerprint density at radius 2 is 2.00 bits per heavy atom. The Morgan fingerprint density at radius 1 is 1.19 bits per heavy atom. The molecule has 0 bridgehead atoms. The van der Waals surface area contributed by atoms with Crippen molar-refractivity contribution in [2.45, 2.75) is 52.1 Å². The summed E-state index contributed by atoms with van der Waals surface area (Å²) >= 11 is 1.40. The number of rotatable bonds is 7. The molecule has 32 heavy (non-hydrogen) atoms. The lowest BCUT2D eigenvalue weighted by Crippen LogP contribution is -2.32. The second-order valence-electron chi connectivity index (χ2n) is 7.43. The Bertz CT molecular complexity index is 1160. The van der Waals surface area contributed by atoms with Crippen molar-refractivity contribution in [2.24, 2.45) is 0 Å². The molecule has 0 aliphatic heterocycles. The topological polar surface area (TPSA) is 108 Å². The predicted molar refractivity (Wildman–Crippen MR) is 119 cm³/mol. The van der Waals surface area contributed by atoms with Gasteiger partial charge in [0.2, 0.25) is 0 Å². The number of nitrogens with one attached hydrogen (secondary N) is 1. The van der Waals surface area contributed by atoms with Gasteiger partial charge in [0, 0.05) is 4.88 Å². The third-order valence-corrected chi connectivity index (χ3v) is 6.59. The molecular weight excluding hydrogens is 432 g/mol. The van der Waals surface area contributed by atoms with E-state index in [4.69, 9.17) is 13.9 Å². The Balaban J connectivity index is 1.55. The van der Waals surface area contributed by atoms with Gasteiger partial charge in [0.15, 0.2) is 18.1 Å². The lowest BCUT2D eigenvalue weighted by Gasteiger charge is -2.16. The Labute approximate surface area is 188 Å². The van der Waals surface area contributed by atoms with Crippen LogP contribution in [0.5, 0.6) is 0 Å². The highest BCUT2D eigenvalue weighted by atomic mass is 32.1. The number of oxazole rings is 1. The van der Waals surface area contributed by atoms with Crippen LogP contribution in [0.25, 0.3) is 11.1 Å². The fourth-order valence-corrected chi connectivity index (χ4v) is 5.11. The molecule has 1 aliphatic rings. The number of nitrogens with zero attached hydrogens (tertiary/aromatic N) is 1. The number of hydrogen-bond acceptors (Lipinski definition) is 8. The molecule has 2 heterocycles. The van der Waals surface area contributed by atoms with E-state index in [1.54, 1.807) is 32.0 Å². The van der Waals surface area contributed by atoms with Crippen LogP contribution < -0.4 is 5.32 Å². The number of aromatic nitrogens is 1. The van der Waals surface area contributed by atoms with Crippen LogP contribution in [0.2, 0.25) is 0 Å². The molecule has 1 aliphatic carbocycles. The average Bonchev–Trinajstić information content (AvgIpc) is 3.41. The van der Waals surface area contributed by atoms with Crippen LogP contribution in [-0.4, -0.2) is 35.5 Å². The van der Waals surface area contributed by atoms with E-state index in [1.807, 2.05) is 0 Å². The third kappa shape index (κ3) is 4.25. The fourth-order valence-electron chi connectivity index (χ4n) is 3.83. The number of anilines is 1. The number of benzene rings is 1. The number of amides is 1. The van der Waals surface area contributed by atoms with Crippen molar-refractivity contribution >= 4 is 45.3 Å². The Hall–Kier alpha value is -3.20. The number of carbonyl (C=O) groups is 3. The predicted octanol–water partition coefficient (Wildman–Crippen LogP) is 4.52. The van der Waals surface area contributed by atoms with Gasteiger partial charge in [0.1, 0.15) is 10.5 Å². The molecule has 8 nitrogen and oxygen atoms in total. The number of thiophene rings is 1. The van der Waals surface area contributed by atoms with Gasteiger partial charge in [-0.05, 0) is 56.7 Å². The monoisotopic (exact) mass is 456 g/mol. The van der Waals surface area contributed by atoms with Gasteiger partial charge in [-0.3, -0.25) is 4.79 Å². The number of aryl methyl sites for hydroxylation is 1. The zero-order valence-electron chi connectivity index (χ0n) is 17.9. The van der Waals surface area contributed by atoms with Gasteiger partial charge in [0.25, 0.3) is 5.91 Å². The molecule has 1 N–H and O–H groups in total. The van der Waals surface area contributed by atoms with Crippen LogP contribution in [0.4, 0.5) is 5.00 Å². The van der Waals surface area contributed by atoms with E-state index in [1.165, 1.54) is 17.7 Å². The van der Waals surface area contributed by atoms with E-state index in [0.29, 0.717) is 21.7 Å². The molecule has 0 fully saturated rings. The molecule has 0 saturated carbocycles. The van der Waals surface area contributed by atoms with Crippen molar-refractivity contribution in [3.63, 3.8) is 0 Å². The maximum absolute atomic E-state index is 13.0. The molecular formula is C23H24N2O6S. The van der Waals surface area contributed by atoms with Gasteiger partial charge < -0.3 is 19.2 Å². The average molecular weight is 457 g/mol. The maximum Gasteiger partial charge on any atom is 0.341 e. The number of hydrogen-bond donors (Lipinski definition) is 1. The van der Waals surface area contributed by atoms with Crippen LogP contribution in [-0.2, 0) is 27.1 Å². The van der Waals surface area contributed by atoms with Gasteiger partial charge in [-0.1, -0.05) is 13.0 Å². The van der Waals surface area contributed by atoms with Crippen molar-refractivity contribution in [3.05, 3.63) is 46.2 Å². The highest BCUT2D eigenvalue weighted by Gasteiger charge is 2.30. The lowest BCUT2D eigenvalue weighted by molar-refractivity contribution is -0.124. The molecule has 1 aromatic carbocycles. The van der Waals surface area contributed by atoms with Crippen LogP contribution in [0.3, 0.4) is 0 Å². The minimum Gasteiger partial charge on any atom is -0.462 e. The van der Waals surface area contributed by atoms with Gasteiger partial charge >= 0.3 is 11.9 Å². The normalized spacial score (nSPS) is 13.9. The van der Waals surface area contributed by atoms with E-state index in [2.05, 4.69) is 10.3 Å². The fraction of sp³-hybridized carbons (Fsp3) is 0.391. The molecule has 168 valence electrons. The van der Waals surface area contributed by atoms with Crippen LogP contribution in [0.1, 0.15) is 64.3 Å². The SMILES string of the molecule is CCOC(=O)c1c(NC(=O)C(CC)OC(=O)c2cccc3ocnc23)sc2c1CCCC2. The summed E-state index contributed by atoms with van der Waals surface area (Å²) in [6.45, 7) is 3.75. The first-order valence-corrected chi connectivity index (χ1v) is 11.5. The third-order valence-electron chi connectivity index (χ3n) is 5.38. The largest absolute Gasteiger partial charge is 0.462 e. The summed E-state index contributed by atoms with van der Waals surface area (Å²) in [7, 11) is 0. The smallest absolute Gasteiger partial charge is 0.341 e.